The van der Waals surface area contributed by atoms with Crippen molar-refractivity contribution in [1.29, 1.82) is 0 Å². The van der Waals surface area contributed by atoms with Crippen LogP contribution < -0.4 is 9.47 Å². The van der Waals surface area contributed by atoms with Gasteiger partial charge in [-0.05, 0) is 91.9 Å². The van der Waals surface area contributed by atoms with Crippen LogP contribution in [0.25, 0.3) is 11.1 Å². The second-order valence-electron chi connectivity index (χ2n) is 10.2. The SMILES string of the molecule is C#Cc1cc(C2Oc3ccc(O)cc3C(C)=C2c2cccc(O)c2)ccc1OC[C@H](C)N1CC[C@@H](C)C1. The number of ether oxygens (including phenoxy) is 2. The first kappa shape index (κ1) is 24.8. The quantitative estimate of drug-likeness (QED) is 0.396. The van der Waals surface area contributed by atoms with E-state index >= 15 is 0 Å². The maximum absolute atomic E-state index is 10.2. The fourth-order valence-corrected chi connectivity index (χ4v) is 5.35. The summed E-state index contributed by atoms with van der Waals surface area (Å²) in [6, 6.07) is 18.4. The van der Waals surface area contributed by atoms with E-state index in [-0.39, 0.29) is 11.5 Å². The van der Waals surface area contributed by atoms with Crippen molar-refractivity contribution in [2.45, 2.75) is 39.3 Å². The Labute approximate surface area is 219 Å². The van der Waals surface area contributed by atoms with Gasteiger partial charge in [0, 0.05) is 23.7 Å². The van der Waals surface area contributed by atoms with E-state index in [1.165, 1.54) is 6.42 Å². The van der Waals surface area contributed by atoms with Crippen LogP contribution in [0, 0.1) is 18.3 Å². The highest BCUT2D eigenvalue weighted by Gasteiger charge is 2.30. The van der Waals surface area contributed by atoms with Crippen molar-refractivity contribution in [3.63, 3.8) is 0 Å². The van der Waals surface area contributed by atoms with Crippen LogP contribution in [0.5, 0.6) is 23.0 Å². The van der Waals surface area contributed by atoms with Crippen LogP contribution in [-0.4, -0.2) is 40.9 Å². The number of terminal acetylenes is 1. The maximum Gasteiger partial charge on any atom is 0.150 e. The molecule has 0 aromatic heterocycles. The summed E-state index contributed by atoms with van der Waals surface area (Å²) in [6.45, 7) is 9.28. The molecule has 2 aliphatic rings. The van der Waals surface area contributed by atoms with Crippen LogP contribution in [0.4, 0.5) is 0 Å². The van der Waals surface area contributed by atoms with E-state index in [2.05, 4.69) is 24.7 Å². The molecule has 0 bridgehead atoms. The molecule has 0 saturated carbocycles. The minimum atomic E-state index is -0.454. The summed E-state index contributed by atoms with van der Waals surface area (Å²) in [5.41, 5.74) is 5.08. The van der Waals surface area contributed by atoms with Gasteiger partial charge in [-0.3, -0.25) is 4.90 Å². The van der Waals surface area contributed by atoms with E-state index in [9.17, 15) is 10.2 Å². The molecule has 1 fully saturated rings. The number of nitrogens with zero attached hydrogens (tertiary/aromatic N) is 1. The summed E-state index contributed by atoms with van der Waals surface area (Å²) in [6.07, 6.45) is 6.70. The van der Waals surface area contributed by atoms with Crippen LogP contribution in [0.2, 0.25) is 0 Å². The Morgan fingerprint density at radius 3 is 2.65 bits per heavy atom. The highest BCUT2D eigenvalue weighted by Crippen LogP contribution is 2.48. The molecule has 3 aromatic rings. The lowest BCUT2D eigenvalue weighted by molar-refractivity contribution is 0.169. The Morgan fingerprint density at radius 1 is 1.11 bits per heavy atom. The molecule has 1 saturated heterocycles. The van der Waals surface area contributed by atoms with Gasteiger partial charge in [0.05, 0.1) is 5.56 Å². The van der Waals surface area contributed by atoms with Crippen LogP contribution >= 0.6 is 0 Å². The molecule has 37 heavy (non-hydrogen) atoms. The van der Waals surface area contributed by atoms with Crippen molar-refractivity contribution >= 4 is 11.1 Å². The Balaban J connectivity index is 1.48. The molecule has 2 heterocycles. The predicted molar refractivity (Wildman–Crippen MR) is 147 cm³/mol. The Hall–Kier alpha value is -3.88. The van der Waals surface area contributed by atoms with E-state index in [0.29, 0.717) is 29.7 Å². The zero-order chi connectivity index (χ0) is 26.1. The molecule has 0 aliphatic carbocycles. The molecule has 5 rings (SSSR count). The molecule has 1 unspecified atom stereocenters. The number of allylic oxidation sites excluding steroid dienone is 1. The van der Waals surface area contributed by atoms with Crippen LogP contribution in [0.15, 0.2) is 60.7 Å². The maximum atomic E-state index is 10.2. The lowest BCUT2D eigenvalue weighted by atomic mass is 9.85. The van der Waals surface area contributed by atoms with E-state index < -0.39 is 6.10 Å². The molecule has 0 amide bonds. The number of aromatic hydroxyl groups is 2. The van der Waals surface area contributed by atoms with Crippen molar-refractivity contribution in [2.75, 3.05) is 19.7 Å². The van der Waals surface area contributed by atoms with E-state index in [1.807, 2.05) is 37.3 Å². The number of hydrogen-bond acceptors (Lipinski definition) is 5. The van der Waals surface area contributed by atoms with E-state index in [1.54, 1.807) is 30.3 Å². The smallest absolute Gasteiger partial charge is 0.150 e. The van der Waals surface area contributed by atoms with Gasteiger partial charge in [-0.15, -0.1) is 6.42 Å². The lowest BCUT2D eigenvalue weighted by Crippen LogP contribution is -2.35. The summed E-state index contributed by atoms with van der Waals surface area (Å²) in [7, 11) is 0. The van der Waals surface area contributed by atoms with Crippen LogP contribution in [0.3, 0.4) is 0 Å². The van der Waals surface area contributed by atoms with Gasteiger partial charge < -0.3 is 19.7 Å². The first-order valence-corrected chi connectivity index (χ1v) is 12.8. The first-order chi connectivity index (χ1) is 17.8. The molecule has 2 aliphatic heterocycles. The third-order valence-corrected chi connectivity index (χ3v) is 7.46. The topological polar surface area (TPSA) is 62.2 Å². The van der Waals surface area contributed by atoms with Crippen molar-refractivity contribution < 1.29 is 19.7 Å². The third kappa shape index (κ3) is 5.03. The number of fused-ring (bicyclic) bond motifs is 1. The highest BCUT2D eigenvalue weighted by molar-refractivity contribution is 5.96. The normalized spacial score (nSPS) is 20.2. The molecular weight excluding hydrogens is 462 g/mol. The van der Waals surface area contributed by atoms with Crippen molar-refractivity contribution in [3.8, 4) is 35.3 Å². The van der Waals surface area contributed by atoms with Gasteiger partial charge in [-0.25, -0.2) is 0 Å². The molecule has 5 nitrogen and oxygen atoms in total. The molecule has 3 atom stereocenters. The Bertz CT molecular complexity index is 1390. The summed E-state index contributed by atoms with van der Waals surface area (Å²) < 4.78 is 12.7. The number of likely N-dealkylation sites (tertiary alicyclic amines) is 1. The standard InChI is InChI=1S/C32H33NO4/c1-5-23-15-25(9-11-29(23)36-19-21(3)33-14-13-20(2)18-33)32-31(24-7-6-8-26(34)16-24)22(4)28-17-27(35)10-12-30(28)37-32/h1,6-12,15-17,20-21,32,34-35H,13-14,18-19H2,2-4H3/t20-,21+,32?/m1/s1. The number of hydrogen-bond donors (Lipinski definition) is 2. The van der Waals surface area contributed by atoms with E-state index in [4.69, 9.17) is 15.9 Å². The largest absolute Gasteiger partial charge is 0.508 e. The number of rotatable bonds is 6. The molecular formula is C32H33NO4. The number of phenolic OH excluding ortho intramolecular Hbond substituents is 2. The zero-order valence-corrected chi connectivity index (χ0v) is 21.6. The molecule has 0 radical (unpaired) electrons. The molecule has 2 N–H and O–H groups in total. The second-order valence-corrected chi connectivity index (χ2v) is 10.2. The van der Waals surface area contributed by atoms with Gasteiger partial charge in [0.25, 0.3) is 0 Å². The van der Waals surface area contributed by atoms with Crippen molar-refractivity contribution in [1.82, 2.24) is 4.90 Å². The van der Waals surface area contributed by atoms with E-state index in [0.717, 1.165) is 46.8 Å². The number of phenols is 2. The van der Waals surface area contributed by atoms with Gasteiger partial charge in [0.2, 0.25) is 0 Å². The minimum Gasteiger partial charge on any atom is -0.508 e. The first-order valence-electron chi connectivity index (χ1n) is 12.8. The predicted octanol–water partition coefficient (Wildman–Crippen LogP) is 6.25. The summed E-state index contributed by atoms with van der Waals surface area (Å²) in [5.74, 6) is 5.23. The zero-order valence-electron chi connectivity index (χ0n) is 21.6. The second kappa shape index (κ2) is 10.2. The van der Waals surface area contributed by atoms with Gasteiger partial charge >= 0.3 is 0 Å². The van der Waals surface area contributed by atoms with Gasteiger partial charge in [-0.1, -0.05) is 31.0 Å². The lowest BCUT2D eigenvalue weighted by Gasteiger charge is -2.31. The van der Waals surface area contributed by atoms with Gasteiger partial charge in [0.15, 0.2) is 0 Å². The van der Waals surface area contributed by atoms with Crippen molar-refractivity contribution in [3.05, 3.63) is 82.9 Å². The van der Waals surface area contributed by atoms with Crippen molar-refractivity contribution in [2.24, 2.45) is 5.92 Å². The Morgan fingerprint density at radius 2 is 1.92 bits per heavy atom. The van der Waals surface area contributed by atoms with Crippen LogP contribution in [0.1, 0.15) is 55.5 Å². The average Bonchev–Trinajstić information content (AvgIpc) is 3.33. The molecule has 5 heteroatoms. The third-order valence-electron chi connectivity index (χ3n) is 7.46. The molecule has 3 aromatic carbocycles. The van der Waals surface area contributed by atoms with Gasteiger partial charge in [-0.2, -0.15) is 0 Å². The number of benzene rings is 3. The fourth-order valence-electron chi connectivity index (χ4n) is 5.35. The highest BCUT2D eigenvalue weighted by atomic mass is 16.5. The summed E-state index contributed by atoms with van der Waals surface area (Å²) >= 11 is 0. The monoisotopic (exact) mass is 495 g/mol. The summed E-state index contributed by atoms with van der Waals surface area (Å²) in [5, 5.41) is 20.3. The molecule has 190 valence electrons. The van der Waals surface area contributed by atoms with Gasteiger partial charge in [0.1, 0.15) is 35.7 Å². The molecule has 0 spiro atoms. The van der Waals surface area contributed by atoms with Crippen LogP contribution in [-0.2, 0) is 0 Å². The summed E-state index contributed by atoms with van der Waals surface area (Å²) in [4.78, 5) is 2.47. The fraction of sp³-hybridized carbons (Fsp3) is 0.312. The minimum absolute atomic E-state index is 0.171. The average molecular weight is 496 g/mol. The Kier molecular flexibility index (Phi) is 6.86.